The van der Waals surface area contributed by atoms with E-state index in [0.29, 0.717) is 32.2 Å². The van der Waals surface area contributed by atoms with Gasteiger partial charge in [0.25, 0.3) is 0 Å². The minimum atomic E-state index is -0.0995. The Morgan fingerprint density at radius 2 is 2.19 bits per heavy atom. The number of hydrogen-bond donors (Lipinski definition) is 1. The maximum Gasteiger partial charge on any atom is 0.216 e. The van der Waals surface area contributed by atoms with Crippen LogP contribution in [-0.2, 0) is 4.74 Å². The molecule has 3 heterocycles. The highest BCUT2D eigenvalue weighted by atomic mass is 35.5. The third-order valence-corrected chi connectivity index (χ3v) is 5.12. The number of nitrogens with zero attached hydrogens (tertiary/aromatic N) is 3. The molecule has 26 heavy (non-hydrogen) atoms. The van der Waals surface area contributed by atoms with E-state index >= 15 is 0 Å². The quantitative estimate of drug-likeness (QED) is 0.473. The third kappa shape index (κ3) is 3.35. The summed E-state index contributed by atoms with van der Waals surface area (Å²) in [4.78, 5) is 0. The average Bonchev–Trinajstić information content (AvgIpc) is 3.36. The van der Waals surface area contributed by atoms with E-state index in [1.165, 1.54) is 0 Å². The Bertz CT molecular complexity index is 1020. The maximum atomic E-state index is 6.24. The first kappa shape index (κ1) is 17.5. The van der Waals surface area contributed by atoms with Gasteiger partial charge in [0.1, 0.15) is 17.6 Å². The van der Waals surface area contributed by atoms with E-state index in [0.717, 1.165) is 25.0 Å². The molecular formula is C17H14Cl2N4O2S. The normalized spacial score (nSPS) is 17.4. The van der Waals surface area contributed by atoms with Crippen LogP contribution < -0.4 is 0 Å². The van der Waals surface area contributed by atoms with Crippen molar-refractivity contribution in [2.24, 2.45) is 5.10 Å². The first-order chi connectivity index (χ1) is 12.6. The van der Waals surface area contributed by atoms with Crippen LogP contribution in [0.15, 0.2) is 39.9 Å². The van der Waals surface area contributed by atoms with Crippen LogP contribution in [0.4, 0.5) is 0 Å². The molecule has 1 aromatic carbocycles. The van der Waals surface area contributed by atoms with Gasteiger partial charge in [-0.3, -0.25) is 5.10 Å². The van der Waals surface area contributed by atoms with Gasteiger partial charge in [-0.05, 0) is 49.3 Å². The molecule has 2 aromatic heterocycles. The van der Waals surface area contributed by atoms with E-state index in [9.17, 15) is 0 Å². The highest BCUT2D eigenvalue weighted by Crippen LogP contribution is 2.34. The van der Waals surface area contributed by atoms with Gasteiger partial charge in [-0.2, -0.15) is 14.9 Å². The molecule has 6 nitrogen and oxygen atoms in total. The smallest absolute Gasteiger partial charge is 0.216 e. The predicted molar refractivity (Wildman–Crippen MR) is 102 cm³/mol. The van der Waals surface area contributed by atoms with Crippen molar-refractivity contribution in [3.05, 3.63) is 56.7 Å². The summed E-state index contributed by atoms with van der Waals surface area (Å²) in [6, 6.07) is 9.00. The first-order valence-electron chi connectivity index (χ1n) is 8.01. The lowest BCUT2D eigenvalue weighted by Gasteiger charge is -2.06. The molecule has 1 atom stereocenters. The number of nitrogens with one attached hydrogen (secondary N) is 1. The van der Waals surface area contributed by atoms with Crippen LogP contribution in [0.25, 0.3) is 11.3 Å². The zero-order valence-corrected chi connectivity index (χ0v) is 15.8. The minimum absolute atomic E-state index is 0.0995. The molecule has 1 aliphatic rings. The van der Waals surface area contributed by atoms with E-state index in [-0.39, 0.29) is 6.10 Å². The number of hydrogen-bond acceptors (Lipinski definition) is 5. The van der Waals surface area contributed by atoms with Crippen LogP contribution in [0.2, 0.25) is 10.0 Å². The molecule has 3 aromatic rings. The van der Waals surface area contributed by atoms with Crippen LogP contribution in [0.3, 0.4) is 0 Å². The maximum absolute atomic E-state index is 6.24. The molecule has 9 heteroatoms. The zero-order chi connectivity index (χ0) is 18.1. The van der Waals surface area contributed by atoms with Crippen LogP contribution in [0, 0.1) is 4.77 Å². The summed E-state index contributed by atoms with van der Waals surface area (Å²) in [5.41, 5.74) is 0.721. The fraction of sp³-hybridized carbons (Fsp3) is 0.235. The number of H-pyrrole nitrogens is 1. The molecule has 0 radical (unpaired) electrons. The zero-order valence-electron chi connectivity index (χ0n) is 13.5. The average molecular weight is 409 g/mol. The number of ether oxygens (including phenoxy) is 1. The second kappa shape index (κ2) is 7.36. The van der Waals surface area contributed by atoms with Crippen molar-refractivity contribution in [3.63, 3.8) is 0 Å². The van der Waals surface area contributed by atoms with Gasteiger partial charge in [0.15, 0.2) is 5.82 Å². The Balaban J connectivity index is 1.61. The van der Waals surface area contributed by atoms with Gasteiger partial charge in [0.2, 0.25) is 4.77 Å². The number of furan rings is 1. The minimum Gasteiger partial charge on any atom is -0.455 e. The Hall–Kier alpha value is -1.93. The molecule has 1 saturated heterocycles. The van der Waals surface area contributed by atoms with Gasteiger partial charge in [-0.15, -0.1) is 0 Å². The Morgan fingerprint density at radius 1 is 1.31 bits per heavy atom. The second-order valence-corrected chi connectivity index (χ2v) is 6.92. The Kier molecular flexibility index (Phi) is 4.95. The molecule has 1 aliphatic heterocycles. The number of aromatic nitrogens is 3. The number of rotatable bonds is 4. The van der Waals surface area contributed by atoms with Crippen molar-refractivity contribution >= 4 is 41.6 Å². The Morgan fingerprint density at radius 3 is 3.00 bits per heavy atom. The molecular weight excluding hydrogens is 395 g/mol. The van der Waals surface area contributed by atoms with Crippen LogP contribution in [0.1, 0.15) is 30.5 Å². The first-order valence-corrected chi connectivity index (χ1v) is 9.17. The van der Waals surface area contributed by atoms with Gasteiger partial charge in [0.05, 0.1) is 16.3 Å². The predicted octanol–water partition coefficient (Wildman–Crippen LogP) is 5.24. The second-order valence-electron chi connectivity index (χ2n) is 5.75. The van der Waals surface area contributed by atoms with Crippen molar-refractivity contribution < 1.29 is 9.15 Å². The van der Waals surface area contributed by atoms with E-state index in [1.54, 1.807) is 23.0 Å². The molecule has 4 rings (SSSR count). The monoisotopic (exact) mass is 408 g/mol. The SMILES string of the molecule is S=c1[nH]nc([C@@H]2CCCO2)n1/N=C\c1ccc(-c2cccc(Cl)c2Cl)o1. The number of benzene rings is 1. The highest BCUT2D eigenvalue weighted by molar-refractivity contribution is 7.71. The highest BCUT2D eigenvalue weighted by Gasteiger charge is 2.23. The van der Waals surface area contributed by atoms with Gasteiger partial charge < -0.3 is 9.15 Å². The summed E-state index contributed by atoms with van der Waals surface area (Å²) in [5, 5.41) is 12.3. The van der Waals surface area contributed by atoms with Crippen molar-refractivity contribution in [3.8, 4) is 11.3 Å². The molecule has 0 aliphatic carbocycles. The number of halogens is 2. The Labute approximate surface area is 164 Å². The van der Waals surface area contributed by atoms with Gasteiger partial charge in [0, 0.05) is 12.2 Å². The fourth-order valence-corrected chi connectivity index (χ4v) is 3.36. The molecule has 0 bridgehead atoms. The van der Waals surface area contributed by atoms with Crippen molar-refractivity contribution in [2.75, 3.05) is 6.61 Å². The lowest BCUT2D eigenvalue weighted by atomic mass is 10.2. The van der Waals surface area contributed by atoms with Gasteiger partial charge in [-0.1, -0.05) is 29.3 Å². The summed E-state index contributed by atoms with van der Waals surface area (Å²) in [6.07, 6.45) is 3.37. The molecule has 1 fully saturated rings. The molecule has 0 unspecified atom stereocenters. The van der Waals surface area contributed by atoms with Crippen LogP contribution in [0.5, 0.6) is 0 Å². The standard InChI is InChI=1S/C17H14Cl2N4O2S/c18-12-4-1-3-11(15(12)19)13-7-6-10(25-13)9-20-23-16(21-22-17(23)26)14-5-2-8-24-14/h1,3-4,6-7,9,14H,2,5,8H2,(H,22,26)/b20-9-/t14-/m0/s1. The van der Waals surface area contributed by atoms with E-state index in [4.69, 9.17) is 44.6 Å². The largest absolute Gasteiger partial charge is 0.455 e. The summed E-state index contributed by atoms with van der Waals surface area (Å²) in [6.45, 7) is 0.718. The molecule has 134 valence electrons. The molecule has 0 amide bonds. The number of aromatic amines is 1. The molecule has 1 N–H and O–H groups in total. The fourth-order valence-electron chi connectivity index (χ4n) is 2.78. The summed E-state index contributed by atoms with van der Waals surface area (Å²) >= 11 is 17.5. The lowest BCUT2D eigenvalue weighted by Crippen LogP contribution is -2.05. The van der Waals surface area contributed by atoms with Crippen molar-refractivity contribution in [2.45, 2.75) is 18.9 Å². The third-order valence-electron chi connectivity index (χ3n) is 4.04. The summed E-state index contributed by atoms with van der Waals surface area (Å²) in [5.74, 6) is 1.82. The summed E-state index contributed by atoms with van der Waals surface area (Å²) < 4.78 is 13.4. The van der Waals surface area contributed by atoms with E-state index < -0.39 is 0 Å². The van der Waals surface area contributed by atoms with Crippen LogP contribution >= 0.6 is 35.4 Å². The van der Waals surface area contributed by atoms with E-state index in [1.807, 2.05) is 18.2 Å². The molecule has 0 spiro atoms. The van der Waals surface area contributed by atoms with E-state index in [2.05, 4.69) is 15.3 Å². The molecule has 0 saturated carbocycles. The van der Waals surface area contributed by atoms with Crippen molar-refractivity contribution in [1.29, 1.82) is 0 Å². The van der Waals surface area contributed by atoms with Gasteiger partial charge >= 0.3 is 0 Å². The summed E-state index contributed by atoms with van der Waals surface area (Å²) in [7, 11) is 0. The van der Waals surface area contributed by atoms with Gasteiger partial charge in [-0.25, -0.2) is 0 Å². The lowest BCUT2D eigenvalue weighted by molar-refractivity contribution is 0.102. The topological polar surface area (TPSA) is 68.3 Å². The van der Waals surface area contributed by atoms with Crippen LogP contribution in [-0.4, -0.2) is 27.7 Å². The van der Waals surface area contributed by atoms with Crippen molar-refractivity contribution in [1.82, 2.24) is 14.9 Å².